The van der Waals surface area contributed by atoms with E-state index in [0.717, 1.165) is 30.9 Å². The Morgan fingerprint density at radius 1 is 1.21 bits per heavy atom. The van der Waals surface area contributed by atoms with E-state index in [1.807, 2.05) is 25.2 Å². The van der Waals surface area contributed by atoms with E-state index in [9.17, 15) is 0 Å². The number of nitrogens with one attached hydrogen (secondary N) is 1. The van der Waals surface area contributed by atoms with Crippen molar-refractivity contribution in [1.82, 2.24) is 5.32 Å². The van der Waals surface area contributed by atoms with Gasteiger partial charge in [0, 0.05) is 13.2 Å². The maximum Gasteiger partial charge on any atom is 0.119 e. The van der Waals surface area contributed by atoms with Gasteiger partial charge in [0.2, 0.25) is 0 Å². The van der Waals surface area contributed by atoms with Gasteiger partial charge in [0.15, 0.2) is 0 Å². The van der Waals surface area contributed by atoms with Gasteiger partial charge in [-0.05, 0) is 31.2 Å². The highest BCUT2D eigenvalue weighted by Crippen LogP contribution is 2.21. The second kappa shape index (κ2) is 9.78. The Morgan fingerprint density at radius 3 is 2.74 bits per heavy atom. The Kier molecular flexibility index (Phi) is 8.21. The largest absolute Gasteiger partial charge is 0.497 e. The summed E-state index contributed by atoms with van der Waals surface area (Å²) in [6.45, 7) is 4.89. The zero-order valence-corrected chi connectivity index (χ0v) is 12.1. The molecule has 1 unspecified atom stereocenters. The van der Waals surface area contributed by atoms with E-state index in [0.29, 0.717) is 13.2 Å². The predicted molar refractivity (Wildman–Crippen MR) is 76.7 cm³/mol. The second-order valence-corrected chi connectivity index (χ2v) is 4.31. The monoisotopic (exact) mass is 267 g/mol. The van der Waals surface area contributed by atoms with Gasteiger partial charge in [-0.25, -0.2) is 0 Å². The summed E-state index contributed by atoms with van der Waals surface area (Å²) < 4.78 is 16.5. The average Bonchev–Trinajstić information content (AvgIpc) is 2.46. The van der Waals surface area contributed by atoms with Gasteiger partial charge < -0.3 is 19.5 Å². The van der Waals surface area contributed by atoms with Crippen LogP contribution in [0.4, 0.5) is 0 Å². The molecule has 0 aliphatic carbocycles. The lowest BCUT2D eigenvalue weighted by molar-refractivity contribution is 0.00490. The Labute approximate surface area is 116 Å². The molecule has 0 fully saturated rings. The molecular formula is C15H25NO3. The van der Waals surface area contributed by atoms with Crippen LogP contribution in [0.25, 0.3) is 0 Å². The van der Waals surface area contributed by atoms with Gasteiger partial charge >= 0.3 is 0 Å². The van der Waals surface area contributed by atoms with Gasteiger partial charge in [-0.2, -0.15) is 0 Å². The third-order valence-corrected chi connectivity index (χ3v) is 2.75. The van der Waals surface area contributed by atoms with Crippen molar-refractivity contribution in [3.8, 4) is 5.75 Å². The zero-order chi connectivity index (χ0) is 13.9. The number of methoxy groups -OCH3 is 1. The van der Waals surface area contributed by atoms with Crippen molar-refractivity contribution in [2.24, 2.45) is 0 Å². The highest BCUT2D eigenvalue weighted by molar-refractivity contribution is 5.30. The van der Waals surface area contributed by atoms with Gasteiger partial charge in [-0.1, -0.05) is 19.1 Å². The van der Waals surface area contributed by atoms with Crippen LogP contribution in [0.3, 0.4) is 0 Å². The van der Waals surface area contributed by atoms with Crippen LogP contribution >= 0.6 is 0 Å². The molecule has 0 aliphatic heterocycles. The average molecular weight is 267 g/mol. The van der Waals surface area contributed by atoms with Crippen molar-refractivity contribution < 1.29 is 14.2 Å². The molecular weight excluding hydrogens is 242 g/mol. The molecule has 1 N–H and O–H groups in total. The van der Waals surface area contributed by atoms with Crippen LogP contribution in [-0.4, -0.2) is 40.5 Å². The minimum atomic E-state index is 0.0188. The molecule has 4 heteroatoms. The number of ether oxygens (including phenoxy) is 3. The molecule has 0 aliphatic rings. The molecule has 0 saturated heterocycles. The van der Waals surface area contributed by atoms with Crippen LogP contribution in [0.2, 0.25) is 0 Å². The van der Waals surface area contributed by atoms with Gasteiger partial charge in [0.1, 0.15) is 5.75 Å². The highest BCUT2D eigenvalue weighted by Gasteiger charge is 2.11. The summed E-state index contributed by atoms with van der Waals surface area (Å²) in [6.07, 6.45) is 1.06. The fraction of sp³-hybridized carbons (Fsp3) is 0.600. The van der Waals surface area contributed by atoms with Crippen LogP contribution in [0, 0.1) is 0 Å². The summed E-state index contributed by atoms with van der Waals surface area (Å²) >= 11 is 0. The van der Waals surface area contributed by atoms with Crippen molar-refractivity contribution >= 4 is 0 Å². The van der Waals surface area contributed by atoms with Crippen LogP contribution in [0.15, 0.2) is 24.3 Å². The maximum atomic E-state index is 5.87. The summed E-state index contributed by atoms with van der Waals surface area (Å²) in [5, 5.41) is 3.15. The Bertz CT molecular complexity index is 344. The Balaban J connectivity index is 2.50. The molecule has 1 aromatic rings. The number of likely N-dealkylation sites (N-methyl/N-ethyl adjacent to an activating group) is 1. The number of benzene rings is 1. The molecule has 0 amide bonds. The Hall–Kier alpha value is -1.10. The summed E-state index contributed by atoms with van der Waals surface area (Å²) in [5.74, 6) is 0.851. The van der Waals surface area contributed by atoms with Crippen molar-refractivity contribution in [1.29, 1.82) is 0 Å². The van der Waals surface area contributed by atoms with Crippen molar-refractivity contribution in [3.05, 3.63) is 29.8 Å². The lowest BCUT2D eigenvalue weighted by Gasteiger charge is -2.18. The van der Waals surface area contributed by atoms with Crippen molar-refractivity contribution in [2.45, 2.75) is 19.4 Å². The second-order valence-electron chi connectivity index (χ2n) is 4.31. The first-order valence-corrected chi connectivity index (χ1v) is 6.79. The van der Waals surface area contributed by atoms with E-state index >= 15 is 0 Å². The molecule has 1 aromatic carbocycles. The zero-order valence-electron chi connectivity index (χ0n) is 12.1. The molecule has 0 radical (unpaired) electrons. The molecule has 0 aromatic heterocycles. The smallest absolute Gasteiger partial charge is 0.119 e. The lowest BCUT2D eigenvalue weighted by Crippen LogP contribution is -2.21. The van der Waals surface area contributed by atoms with E-state index in [-0.39, 0.29) is 6.10 Å². The normalized spacial score (nSPS) is 12.4. The standard InChI is InChI=1S/C15H25NO3/c1-4-8-18-9-10-19-15(12-16-2)13-6-5-7-14(11-13)17-3/h5-7,11,15-16H,4,8-10,12H2,1-3H3. The summed E-state index contributed by atoms with van der Waals surface area (Å²) in [7, 11) is 3.59. The minimum absolute atomic E-state index is 0.0188. The molecule has 4 nitrogen and oxygen atoms in total. The molecule has 108 valence electrons. The molecule has 1 rings (SSSR count). The maximum absolute atomic E-state index is 5.87. The summed E-state index contributed by atoms with van der Waals surface area (Å²) in [5.41, 5.74) is 1.11. The molecule has 0 heterocycles. The van der Waals surface area contributed by atoms with E-state index in [4.69, 9.17) is 14.2 Å². The Morgan fingerprint density at radius 2 is 2.05 bits per heavy atom. The van der Waals surface area contributed by atoms with Crippen molar-refractivity contribution in [2.75, 3.05) is 40.5 Å². The predicted octanol–water partition coefficient (Wildman–Crippen LogP) is 2.40. The number of hydrogen-bond donors (Lipinski definition) is 1. The first-order valence-electron chi connectivity index (χ1n) is 6.79. The number of hydrogen-bond acceptors (Lipinski definition) is 4. The van der Waals surface area contributed by atoms with Gasteiger partial charge in [-0.3, -0.25) is 0 Å². The fourth-order valence-electron chi connectivity index (χ4n) is 1.80. The van der Waals surface area contributed by atoms with Gasteiger partial charge in [0.25, 0.3) is 0 Å². The van der Waals surface area contributed by atoms with E-state index < -0.39 is 0 Å². The number of rotatable bonds is 10. The molecule has 19 heavy (non-hydrogen) atoms. The van der Waals surface area contributed by atoms with Crippen LogP contribution < -0.4 is 10.1 Å². The molecule has 0 spiro atoms. The van der Waals surface area contributed by atoms with Crippen molar-refractivity contribution in [3.63, 3.8) is 0 Å². The van der Waals surface area contributed by atoms with E-state index in [2.05, 4.69) is 18.3 Å². The third kappa shape index (κ3) is 6.05. The topological polar surface area (TPSA) is 39.7 Å². The van der Waals surface area contributed by atoms with E-state index in [1.165, 1.54) is 0 Å². The first-order chi connectivity index (χ1) is 9.31. The van der Waals surface area contributed by atoms with E-state index in [1.54, 1.807) is 7.11 Å². The lowest BCUT2D eigenvalue weighted by atomic mass is 10.1. The van der Waals surface area contributed by atoms with Gasteiger partial charge in [0.05, 0.1) is 26.4 Å². The van der Waals surface area contributed by atoms with Crippen LogP contribution in [0.5, 0.6) is 5.75 Å². The SMILES string of the molecule is CCCOCCOC(CNC)c1cccc(OC)c1. The van der Waals surface area contributed by atoms with Crippen LogP contribution in [0.1, 0.15) is 25.0 Å². The molecule has 0 saturated carbocycles. The minimum Gasteiger partial charge on any atom is -0.497 e. The molecule has 0 bridgehead atoms. The summed E-state index contributed by atoms with van der Waals surface area (Å²) in [4.78, 5) is 0. The van der Waals surface area contributed by atoms with Crippen LogP contribution in [-0.2, 0) is 9.47 Å². The highest BCUT2D eigenvalue weighted by atomic mass is 16.5. The molecule has 1 atom stereocenters. The third-order valence-electron chi connectivity index (χ3n) is 2.75. The fourth-order valence-corrected chi connectivity index (χ4v) is 1.80. The van der Waals surface area contributed by atoms with Gasteiger partial charge in [-0.15, -0.1) is 0 Å². The quantitative estimate of drug-likeness (QED) is 0.661. The first kappa shape index (κ1) is 16.0. The summed E-state index contributed by atoms with van der Waals surface area (Å²) in [6, 6.07) is 7.98.